The summed E-state index contributed by atoms with van der Waals surface area (Å²) in [4.78, 5) is 0. The maximum Gasteiger partial charge on any atom is 0.0713 e. The maximum absolute atomic E-state index is 5.10. The average Bonchev–Trinajstić information content (AvgIpc) is 2.67. The molecular weight excluding hydrogens is 186 g/mol. The normalized spacial score (nSPS) is 25.7. The van der Waals surface area contributed by atoms with E-state index in [0.717, 1.165) is 6.54 Å². The van der Waals surface area contributed by atoms with Crippen molar-refractivity contribution in [3.8, 4) is 0 Å². The molecule has 2 atom stereocenters. The van der Waals surface area contributed by atoms with Crippen molar-refractivity contribution in [1.82, 2.24) is 5.32 Å². The molecule has 82 valence electrons. The van der Waals surface area contributed by atoms with Gasteiger partial charge in [-0.1, -0.05) is 24.3 Å². The maximum atomic E-state index is 5.10. The van der Waals surface area contributed by atoms with Crippen molar-refractivity contribution in [1.29, 1.82) is 0 Å². The molecule has 2 unspecified atom stereocenters. The molecule has 2 rings (SSSR count). The monoisotopic (exact) mass is 205 g/mol. The van der Waals surface area contributed by atoms with Gasteiger partial charge in [-0.15, -0.1) is 0 Å². The summed E-state index contributed by atoms with van der Waals surface area (Å²) in [5.74, 6) is 0.691. The van der Waals surface area contributed by atoms with E-state index >= 15 is 0 Å². The Bertz CT molecular complexity index is 307. The molecule has 0 spiro atoms. The Morgan fingerprint density at radius 3 is 2.60 bits per heavy atom. The van der Waals surface area contributed by atoms with Gasteiger partial charge in [0.1, 0.15) is 0 Å². The quantitative estimate of drug-likeness (QED) is 0.817. The number of rotatable bonds is 3. The first kappa shape index (κ1) is 10.7. The second-order valence-corrected chi connectivity index (χ2v) is 4.42. The third-order valence-electron chi connectivity index (χ3n) is 3.11. The zero-order valence-corrected chi connectivity index (χ0v) is 9.49. The summed E-state index contributed by atoms with van der Waals surface area (Å²) in [6, 6.07) is 9.47. The van der Waals surface area contributed by atoms with E-state index in [1.165, 1.54) is 17.5 Å². The van der Waals surface area contributed by atoms with Gasteiger partial charge in [0.25, 0.3) is 0 Å². The summed E-state index contributed by atoms with van der Waals surface area (Å²) in [5.41, 5.74) is 2.70. The Hall–Kier alpha value is -0.860. The molecule has 1 heterocycles. The lowest BCUT2D eigenvalue weighted by Crippen LogP contribution is -2.16. The summed E-state index contributed by atoms with van der Waals surface area (Å²) in [6.45, 7) is 4.07. The van der Waals surface area contributed by atoms with Crippen LogP contribution in [0.1, 0.15) is 30.4 Å². The molecule has 1 aromatic carbocycles. The molecule has 0 aromatic heterocycles. The smallest absolute Gasteiger partial charge is 0.0713 e. The van der Waals surface area contributed by atoms with Gasteiger partial charge in [-0.25, -0.2) is 0 Å². The molecule has 2 nitrogen and oxygen atoms in total. The van der Waals surface area contributed by atoms with Gasteiger partial charge in [0.2, 0.25) is 0 Å². The van der Waals surface area contributed by atoms with Gasteiger partial charge < -0.3 is 10.1 Å². The summed E-state index contributed by atoms with van der Waals surface area (Å²) in [5, 5.41) is 3.48. The van der Waals surface area contributed by atoms with Crippen LogP contribution in [0.25, 0.3) is 0 Å². The minimum Gasteiger partial charge on any atom is -0.380 e. The summed E-state index contributed by atoms with van der Waals surface area (Å²) < 4.78 is 5.10. The topological polar surface area (TPSA) is 21.3 Å². The van der Waals surface area contributed by atoms with E-state index in [9.17, 15) is 0 Å². The van der Waals surface area contributed by atoms with Gasteiger partial charge in [0.05, 0.1) is 6.61 Å². The van der Waals surface area contributed by atoms with E-state index in [1.54, 1.807) is 7.11 Å². The standard InChI is InChI=1S/C13H19NO/c1-10-7-13(8-14-10)12-5-3-11(4-6-12)9-15-2/h3-6,10,13-14H,7-9H2,1-2H3. The van der Waals surface area contributed by atoms with Crippen LogP contribution in [0.15, 0.2) is 24.3 Å². The molecule has 0 amide bonds. The fraction of sp³-hybridized carbons (Fsp3) is 0.538. The van der Waals surface area contributed by atoms with Crippen LogP contribution in [0.5, 0.6) is 0 Å². The van der Waals surface area contributed by atoms with Crippen LogP contribution in [-0.2, 0) is 11.3 Å². The molecule has 1 aromatic rings. The third kappa shape index (κ3) is 2.58. The first-order chi connectivity index (χ1) is 7.29. The number of nitrogens with one attached hydrogen (secondary N) is 1. The molecule has 0 bridgehead atoms. The lowest BCUT2D eigenvalue weighted by Gasteiger charge is -2.09. The van der Waals surface area contributed by atoms with Gasteiger partial charge in [0, 0.05) is 19.7 Å². The van der Waals surface area contributed by atoms with E-state index < -0.39 is 0 Å². The third-order valence-corrected chi connectivity index (χ3v) is 3.11. The molecule has 1 N–H and O–H groups in total. The average molecular weight is 205 g/mol. The van der Waals surface area contributed by atoms with E-state index in [4.69, 9.17) is 4.74 Å². The highest BCUT2D eigenvalue weighted by Gasteiger charge is 2.21. The van der Waals surface area contributed by atoms with Gasteiger partial charge in [-0.2, -0.15) is 0 Å². The minimum atomic E-state index is 0.661. The van der Waals surface area contributed by atoms with Crippen LogP contribution in [0.4, 0.5) is 0 Å². The predicted molar refractivity (Wildman–Crippen MR) is 62.0 cm³/mol. The largest absolute Gasteiger partial charge is 0.380 e. The van der Waals surface area contributed by atoms with Crippen molar-refractivity contribution in [2.75, 3.05) is 13.7 Å². The van der Waals surface area contributed by atoms with Gasteiger partial charge in [-0.05, 0) is 30.4 Å². The Kier molecular flexibility index (Phi) is 3.39. The van der Waals surface area contributed by atoms with Crippen molar-refractivity contribution in [2.45, 2.75) is 31.9 Å². The van der Waals surface area contributed by atoms with Gasteiger partial charge >= 0.3 is 0 Å². The van der Waals surface area contributed by atoms with Crippen LogP contribution < -0.4 is 5.32 Å². The van der Waals surface area contributed by atoms with Crippen LogP contribution in [0, 0.1) is 0 Å². The number of ether oxygens (including phenoxy) is 1. The molecule has 1 fully saturated rings. The first-order valence-electron chi connectivity index (χ1n) is 5.60. The second kappa shape index (κ2) is 4.77. The SMILES string of the molecule is COCc1ccc(C2CNC(C)C2)cc1. The van der Waals surface area contributed by atoms with Gasteiger partial charge in [-0.3, -0.25) is 0 Å². The predicted octanol–water partition coefficient (Wildman–Crippen LogP) is 2.30. The molecule has 1 saturated heterocycles. The fourth-order valence-electron chi connectivity index (χ4n) is 2.24. The number of hydrogen-bond acceptors (Lipinski definition) is 2. The Morgan fingerprint density at radius 2 is 2.07 bits per heavy atom. The zero-order valence-electron chi connectivity index (χ0n) is 9.49. The van der Waals surface area contributed by atoms with E-state index in [-0.39, 0.29) is 0 Å². The van der Waals surface area contributed by atoms with Crippen molar-refractivity contribution < 1.29 is 4.74 Å². The summed E-state index contributed by atoms with van der Waals surface area (Å²) in [6.07, 6.45) is 1.25. The molecule has 0 saturated carbocycles. The van der Waals surface area contributed by atoms with Crippen molar-refractivity contribution in [3.63, 3.8) is 0 Å². The van der Waals surface area contributed by atoms with Crippen LogP contribution >= 0.6 is 0 Å². The highest BCUT2D eigenvalue weighted by Crippen LogP contribution is 2.25. The highest BCUT2D eigenvalue weighted by molar-refractivity contribution is 5.26. The number of hydrogen-bond donors (Lipinski definition) is 1. The van der Waals surface area contributed by atoms with Crippen LogP contribution in [0.3, 0.4) is 0 Å². The van der Waals surface area contributed by atoms with E-state index in [1.807, 2.05) is 0 Å². The molecule has 1 aliphatic rings. The molecule has 0 aliphatic carbocycles. The van der Waals surface area contributed by atoms with E-state index in [2.05, 4.69) is 36.5 Å². The first-order valence-corrected chi connectivity index (χ1v) is 5.60. The molecule has 2 heteroatoms. The van der Waals surface area contributed by atoms with Crippen molar-refractivity contribution >= 4 is 0 Å². The zero-order chi connectivity index (χ0) is 10.7. The molecule has 15 heavy (non-hydrogen) atoms. The summed E-state index contributed by atoms with van der Waals surface area (Å²) >= 11 is 0. The van der Waals surface area contributed by atoms with E-state index in [0.29, 0.717) is 18.6 Å². The number of benzene rings is 1. The second-order valence-electron chi connectivity index (χ2n) is 4.42. The fourth-order valence-corrected chi connectivity index (χ4v) is 2.24. The number of methoxy groups -OCH3 is 1. The van der Waals surface area contributed by atoms with Gasteiger partial charge in [0.15, 0.2) is 0 Å². The molecular formula is C13H19NO. The Balaban J connectivity index is 2.03. The Labute approximate surface area is 91.6 Å². The molecule has 0 radical (unpaired) electrons. The van der Waals surface area contributed by atoms with Crippen LogP contribution in [-0.4, -0.2) is 19.7 Å². The minimum absolute atomic E-state index is 0.661. The van der Waals surface area contributed by atoms with Crippen molar-refractivity contribution in [3.05, 3.63) is 35.4 Å². The van der Waals surface area contributed by atoms with Crippen LogP contribution in [0.2, 0.25) is 0 Å². The lowest BCUT2D eigenvalue weighted by atomic mass is 9.96. The van der Waals surface area contributed by atoms with Crippen molar-refractivity contribution in [2.24, 2.45) is 0 Å². The molecule has 1 aliphatic heterocycles. The highest BCUT2D eigenvalue weighted by atomic mass is 16.5. The Morgan fingerprint density at radius 1 is 1.33 bits per heavy atom. The lowest BCUT2D eigenvalue weighted by molar-refractivity contribution is 0.185. The summed E-state index contributed by atoms with van der Waals surface area (Å²) in [7, 11) is 1.73.